The number of amides is 2. The SMILES string of the molecule is CC(NC(=O)C(=O)NC(C)C1CC2CCC1C2)c1ccc2c(c1)CCCC2. The Kier molecular flexibility index (Phi) is 5.25. The zero-order chi connectivity index (χ0) is 19.0. The van der Waals surface area contributed by atoms with Crippen molar-refractivity contribution >= 4 is 11.8 Å². The number of carbonyl (C=O) groups excluding carboxylic acids is 2. The van der Waals surface area contributed by atoms with E-state index in [0.29, 0.717) is 5.92 Å². The molecule has 2 bridgehead atoms. The molecule has 2 fully saturated rings. The van der Waals surface area contributed by atoms with E-state index in [1.165, 1.54) is 49.7 Å². The van der Waals surface area contributed by atoms with Gasteiger partial charge in [-0.05, 0) is 93.2 Å². The van der Waals surface area contributed by atoms with Gasteiger partial charge in [0.15, 0.2) is 0 Å². The number of carbonyl (C=O) groups is 2. The van der Waals surface area contributed by atoms with E-state index in [0.717, 1.165) is 30.2 Å². The van der Waals surface area contributed by atoms with Crippen LogP contribution in [0.15, 0.2) is 18.2 Å². The third kappa shape index (κ3) is 3.90. The maximum atomic E-state index is 12.4. The summed E-state index contributed by atoms with van der Waals surface area (Å²) in [5.74, 6) is 1.11. The van der Waals surface area contributed by atoms with E-state index >= 15 is 0 Å². The smallest absolute Gasteiger partial charge is 0.309 e. The maximum absolute atomic E-state index is 12.4. The van der Waals surface area contributed by atoms with Gasteiger partial charge in [0.1, 0.15) is 0 Å². The largest absolute Gasteiger partial charge is 0.345 e. The van der Waals surface area contributed by atoms with Gasteiger partial charge in [0.05, 0.1) is 6.04 Å². The van der Waals surface area contributed by atoms with Crippen LogP contribution in [0, 0.1) is 17.8 Å². The van der Waals surface area contributed by atoms with Crippen LogP contribution in [-0.2, 0) is 22.4 Å². The third-order valence-electron chi connectivity index (χ3n) is 7.22. The first kappa shape index (κ1) is 18.5. The molecule has 0 radical (unpaired) electrons. The number of aryl methyl sites for hydroxylation is 2. The minimum absolute atomic E-state index is 0.0811. The number of rotatable bonds is 4. The van der Waals surface area contributed by atoms with Crippen LogP contribution >= 0.6 is 0 Å². The second kappa shape index (κ2) is 7.65. The molecule has 0 aliphatic heterocycles. The van der Waals surface area contributed by atoms with Crippen LogP contribution in [0.5, 0.6) is 0 Å². The number of hydrogen-bond acceptors (Lipinski definition) is 2. The van der Waals surface area contributed by atoms with E-state index in [1.54, 1.807) is 0 Å². The van der Waals surface area contributed by atoms with Gasteiger partial charge in [-0.15, -0.1) is 0 Å². The monoisotopic (exact) mass is 368 g/mol. The summed E-state index contributed by atoms with van der Waals surface area (Å²) in [7, 11) is 0. The second-order valence-corrected chi connectivity index (χ2v) is 9.03. The van der Waals surface area contributed by atoms with Crippen molar-refractivity contribution in [2.75, 3.05) is 0 Å². The van der Waals surface area contributed by atoms with E-state index in [1.807, 2.05) is 6.92 Å². The van der Waals surface area contributed by atoms with Crippen LogP contribution in [0.3, 0.4) is 0 Å². The highest BCUT2D eigenvalue weighted by atomic mass is 16.2. The van der Waals surface area contributed by atoms with E-state index < -0.39 is 11.8 Å². The van der Waals surface area contributed by atoms with E-state index in [2.05, 4.69) is 35.8 Å². The summed E-state index contributed by atoms with van der Waals surface area (Å²) in [6.07, 6.45) is 9.93. The molecular weight excluding hydrogens is 336 g/mol. The quantitative estimate of drug-likeness (QED) is 0.797. The molecule has 2 saturated carbocycles. The summed E-state index contributed by atoms with van der Waals surface area (Å²) in [6, 6.07) is 6.40. The molecule has 4 rings (SSSR count). The molecular formula is C23H32N2O2. The van der Waals surface area contributed by atoms with Gasteiger partial charge in [0, 0.05) is 6.04 Å². The topological polar surface area (TPSA) is 58.2 Å². The number of fused-ring (bicyclic) bond motifs is 3. The highest BCUT2D eigenvalue weighted by molar-refractivity contribution is 6.35. The Morgan fingerprint density at radius 1 is 0.963 bits per heavy atom. The highest BCUT2D eigenvalue weighted by Crippen LogP contribution is 2.49. The molecule has 27 heavy (non-hydrogen) atoms. The molecule has 4 heteroatoms. The molecule has 2 amide bonds. The normalized spacial score (nSPS) is 28.3. The molecule has 4 nitrogen and oxygen atoms in total. The summed E-state index contributed by atoms with van der Waals surface area (Å²) >= 11 is 0. The Bertz CT molecular complexity index is 729. The Morgan fingerprint density at radius 3 is 2.41 bits per heavy atom. The van der Waals surface area contributed by atoms with Gasteiger partial charge in [0.25, 0.3) is 0 Å². The minimum Gasteiger partial charge on any atom is -0.345 e. The molecule has 146 valence electrons. The van der Waals surface area contributed by atoms with E-state index in [-0.39, 0.29) is 12.1 Å². The van der Waals surface area contributed by atoms with Crippen molar-refractivity contribution < 1.29 is 9.59 Å². The second-order valence-electron chi connectivity index (χ2n) is 9.03. The summed E-state index contributed by atoms with van der Waals surface area (Å²) < 4.78 is 0. The molecule has 0 saturated heterocycles. The fourth-order valence-electron chi connectivity index (χ4n) is 5.65. The number of benzene rings is 1. The molecule has 3 aliphatic rings. The Hall–Kier alpha value is -1.84. The lowest BCUT2D eigenvalue weighted by molar-refractivity contribution is -0.140. The van der Waals surface area contributed by atoms with E-state index in [4.69, 9.17) is 0 Å². The zero-order valence-corrected chi connectivity index (χ0v) is 16.6. The van der Waals surface area contributed by atoms with Crippen LogP contribution in [0.2, 0.25) is 0 Å². The van der Waals surface area contributed by atoms with Gasteiger partial charge in [-0.3, -0.25) is 9.59 Å². The Balaban J connectivity index is 1.32. The van der Waals surface area contributed by atoms with Gasteiger partial charge < -0.3 is 10.6 Å². The first-order valence-electron chi connectivity index (χ1n) is 10.7. The van der Waals surface area contributed by atoms with Crippen LogP contribution in [0.4, 0.5) is 0 Å². The fraction of sp³-hybridized carbons (Fsp3) is 0.652. The average Bonchev–Trinajstić information content (AvgIpc) is 3.31. The van der Waals surface area contributed by atoms with Crippen molar-refractivity contribution in [1.82, 2.24) is 10.6 Å². The lowest BCUT2D eigenvalue weighted by Crippen LogP contribution is -2.47. The van der Waals surface area contributed by atoms with Crippen molar-refractivity contribution in [1.29, 1.82) is 0 Å². The maximum Gasteiger partial charge on any atom is 0.309 e. The van der Waals surface area contributed by atoms with Crippen molar-refractivity contribution in [3.63, 3.8) is 0 Å². The standard InChI is InChI=1S/C23H32N2O2/c1-14(18-10-9-17-5-3-4-6-19(17)13-18)24-22(26)23(27)25-15(2)21-12-16-7-8-20(21)11-16/h9-10,13-16,20-21H,3-8,11-12H2,1-2H3,(H,24,26)(H,25,27). The average molecular weight is 369 g/mol. The van der Waals surface area contributed by atoms with Gasteiger partial charge in [0.2, 0.25) is 0 Å². The van der Waals surface area contributed by atoms with Crippen molar-refractivity contribution in [3.8, 4) is 0 Å². The van der Waals surface area contributed by atoms with Gasteiger partial charge in [-0.25, -0.2) is 0 Å². The van der Waals surface area contributed by atoms with Crippen LogP contribution in [0.25, 0.3) is 0 Å². The summed E-state index contributed by atoms with van der Waals surface area (Å²) in [5, 5.41) is 5.84. The van der Waals surface area contributed by atoms with Gasteiger partial charge in [-0.2, -0.15) is 0 Å². The number of nitrogens with one attached hydrogen (secondary N) is 2. The molecule has 5 unspecified atom stereocenters. The first-order valence-corrected chi connectivity index (χ1v) is 10.7. The predicted molar refractivity (Wildman–Crippen MR) is 106 cm³/mol. The van der Waals surface area contributed by atoms with Gasteiger partial charge >= 0.3 is 11.8 Å². The van der Waals surface area contributed by atoms with Gasteiger partial charge in [-0.1, -0.05) is 24.6 Å². The summed E-state index contributed by atoms with van der Waals surface area (Å²) in [6.45, 7) is 4.01. The summed E-state index contributed by atoms with van der Waals surface area (Å²) in [4.78, 5) is 24.8. The molecule has 0 spiro atoms. The van der Waals surface area contributed by atoms with Crippen molar-refractivity contribution in [2.24, 2.45) is 17.8 Å². The fourth-order valence-corrected chi connectivity index (χ4v) is 5.65. The van der Waals surface area contributed by atoms with E-state index in [9.17, 15) is 9.59 Å². The zero-order valence-electron chi connectivity index (χ0n) is 16.6. The molecule has 0 heterocycles. The van der Waals surface area contributed by atoms with Crippen molar-refractivity contribution in [3.05, 3.63) is 34.9 Å². The Labute approximate surface area is 162 Å². The lowest BCUT2D eigenvalue weighted by Gasteiger charge is -2.28. The third-order valence-corrected chi connectivity index (χ3v) is 7.22. The highest BCUT2D eigenvalue weighted by Gasteiger charge is 2.42. The van der Waals surface area contributed by atoms with Crippen LogP contribution < -0.4 is 10.6 Å². The lowest BCUT2D eigenvalue weighted by atomic mass is 9.84. The minimum atomic E-state index is -0.518. The molecule has 2 N–H and O–H groups in total. The molecule has 3 aliphatic carbocycles. The molecule has 5 atom stereocenters. The number of hydrogen-bond donors (Lipinski definition) is 2. The Morgan fingerprint density at radius 2 is 1.70 bits per heavy atom. The summed E-state index contributed by atoms with van der Waals surface area (Å²) in [5.41, 5.74) is 3.91. The molecule has 1 aromatic rings. The first-order chi connectivity index (χ1) is 13.0. The van der Waals surface area contributed by atoms with Crippen molar-refractivity contribution in [2.45, 2.75) is 77.3 Å². The molecule has 0 aromatic heterocycles. The molecule has 1 aromatic carbocycles. The van der Waals surface area contributed by atoms with Crippen LogP contribution in [0.1, 0.15) is 75.1 Å². The predicted octanol–water partition coefficient (Wildman–Crippen LogP) is 3.68. The van der Waals surface area contributed by atoms with Crippen LogP contribution in [-0.4, -0.2) is 17.9 Å².